The largest absolute Gasteiger partial charge is 0.465 e. The fourth-order valence-corrected chi connectivity index (χ4v) is 7.33. The van der Waals surface area contributed by atoms with Crippen LogP contribution in [-0.4, -0.2) is 53.6 Å². The van der Waals surface area contributed by atoms with Crippen LogP contribution in [0.25, 0.3) is 0 Å². The van der Waals surface area contributed by atoms with Crippen molar-refractivity contribution < 1.29 is 23.4 Å². The molecule has 0 bridgehead atoms. The second-order valence-electron chi connectivity index (χ2n) is 11.9. The Kier molecular flexibility index (Phi) is 8.36. The van der Waals surface area contributed by atoms with E-state index in [0.717, 1.165) is 10.9 Å². The summed E-state index contributed by atoms with van der Waals surface area (Å²) in [5.74, 6) is -1.06. The molecule has 0 saturated heterocycles. The Balaban J connectivity index is 2.15. The van der Waals surface area contributed by atoms with E-state index in [1.807, 2.05) is 20.8 Å². The number of alkyl halides is 1. The number of amidine groups is 1. The van der Waals surface area contributed by atoms with Gasteiger partial charge in [-0.3, -0.25) is 0 Å². The van der Waals surface area contributed by atoms with Crippen molar-refractivity contribution in [2.75, 3.05) is 13.3 Å². The minimum atomic E-state index is -1.64. The number of ether oxygens (including phenoxy) is 1. The van der Waals surface area contributed by atoms with Crippen LogP contribution in [0.1, 0.15) is 39.2 Å². The maximum Gasteiger partial charge on any atom is 0.415 e. The molecule has 1 aliphatic heterocycles. The van der Waals surface area contributed by atoms with Gasteiger partial charge in [-0.15, -0.1) is 0 Å². The Labute approximate surface area is 225 Å². The van der Waals surface area contributed by atoms with Crippen molar-refractivity contribution in [2.45, 2.75) is 75.8 Å². The number of amides is 1. The van der Waals surface area contributed by atoms with Gasteiger partial charge in [0.05, 0.1) is 12.5 Å². The molecule has 4 atom stereocenters. The van der Waals surface area contributed by atoms with Crippen LogP contribution in [0.5, 0.6) is 0 Å². The fourth-order valence-electron chi connectivity index (χ4n) is 4.67. The quantitative estimate of drug-likeness (QED) is 0.251. The predicted molar refractivity (Wildman–Crippen MR) is 145 cm³/mol. The number of nitriles is 1. The number of nitrogens with zero attached hydrogens (tertiary/aromatic N) is 3. The van der Waals surface area contributed by atoms with Crippen molar-refractivity contribution in [3.8, 4) is 6.07 Å². The average Bonchev–Trinajstić information content (AvgIpc) is 3.47. The zero-order chi connectivity index (χ0) is 27.1. The zero-order valence-electron chi connectivity index (χ0n) is 21.6. The van der Waals surface area contributed by atoms with Gasteiger partial charge in [-0.05, 0) is 30.7 Å². The SMILES string of the molecule is CC(C)(C)C(OCC[Si](C)(C)C)N(C(=O)O)C1=N[C@](CF)(c2cc(Br)ccc2F)[C@@H]2C[C@]2(CC#N)S1. The van der Waals surface area contributed by atoms with Crippen LogP contribution in [0.2, 0.25) is 25.7 Å². The molecule has 1 N–H and O–H groups in total. The highest BCUT2D eigenvalue weighted by Crippen LogP contribution is 2.68. The normalized spacial score (nSPS) is 26.4. The number of rotatable bonds is 8. The first-order chi connectivity index (χ1) is 16.6. The number of aliphatic imine (C=N–C) groups is 1. The molecule has 2 aliphatic rings. The number of halogens is 3. The molecule has 1 heterocycles. The number of fused-ring (bicyclic) bond motifs is 1. The monoisotopic (exact) mass is 601 g/mol. The summed E-state index contributed by atoms with van der Waals surface area (Å²) in [6.07, 6.45) is -1.69. The van der Waals surface area contributed by atoms with Gasteiger partial charge in [0.15, 0.2) is 5.17 Å². The lowest BCUT2D eigenvalue weighted by Crippen LogP contribution is -2.53. The van der Waals surface area contributed by atoms with E-state index in [4.69, 9.17) is 4.74 Å². The van der Waals surface area contributed by atoms with Gasteiger partial charge in [-0.1, -0.05) is 68.1 Å². The number of hydrogen-bond donors (Lipinski definition) is 1. The van der Waals surface area contributed by atoms with E-state index >= 15 is 8.78 Å². The van der Waals surface area contributed by atoms with Gasteiger partial charge in [0.2, 0.25) is 0 Å². The standard InChI is InChI=1S/C25H34BrF2N3O3SSi/c1-23(2,3)20(34-11-12-36(4,5)6)31(22(32)33)21-30-25(15-27,17-13-16(26)7-8-18(17)28)19-14-24(19,35-21)9-10-29/h7-8,13,19-20H,9,11-12,14-15H2,1-6H3,(H,32,33)/t19-,20?,24+,25-/m1/s1. The van der Waals surface area contributed by atoms with E-state index in [-0.39, 0.29) is 17.2 Å². The van der Waals surface area contributed by atoms with Crippen LogP contribution < -0.4 is 0 Å². The van der Waals surface area contributed by atoms with Gasteiger partial charge < -0.3 is 9.84 Å². The lowest BCUT2D eigenvalue weighted by molar-refractivity contribution is -0.0761. The lowest BCUT2D eigenvalue weighted by atomic mass is 9.84. The van der Waals surface area contributed by atoms with Crippen LogP contribution in [0, 0.1) is 28.5 Å². The molecule has 1 unspecified atom stereocenters. The summed E-state index contributed by atoms with van der Waals surface area (Å²) < 4.78 is 36.2. The maximum absolute atomic E-state index is 15.1. The van der Waals surface area contributed by atoms with Crippen molar-refractivity contribution in [3.63, 3.8) is 0 Å². The van der Waals surface area contributed by atoms with Gasteiger partial charge >= 0.3 is 6.09 Å². The van der Waals surface area contributed by atoms with Crippen LogP contribution in [0.15, 0.2) is 27.7 Å². The molecule has 11 heteroatoms. The van der Waals surface area contributed by atoms with E-state index in [0.29, 0.717) is 17.5 Å². The third-order valence-electron chi connectivity index (χ3n) is 6.68. The number of thioether (sulfide) groups is 1. The number of carbonyl (C=O) groups is 1. The zero-order valence-corrected chi connectivity index (χ0v) is 25.0. The van der Waals surface area contributed by atoms with Crippen molar-refractivity contribution >= 4 is 47.0 Å². The van der Waals surface area contributed by atoms with E-state index in [2.05, 4.69) is 46.6 Å². The highest BCUT2D eigenvalue weighted by Gasteiger charge is 2.69. The molecule has 1 aliphatic carbocycles. The molecular formula is C25H34BrF2N3O3SSi. The van der Waals surface area contributed by atoms with Crippen LogP contribution in [0.3, 0.4) is 0 Å². The number of hydrogen-bond acceptors (Lipinski definition) is 5. The van der Waals surface area contributed by atoms with Crippen LogP contribution in [0.4, 0.5) is 13.6 Å². The van der Waals surface area contributed by atoms with E-state index < -0.39 is 54.5 Å². The molecule has 6 nitrogen and oxygen atoms in total. The lowest BCUT2D eigenvalue weighted by Gasteiger charge is -2.42. The fraction of sp³-hybridized carbons (Fsp3) is 0.640. The maximum atomic E-state index is 15.1. The molecule has 0 aromatic heterocycles. The molecule has 1 amide bonds. The third-order valence-corrected chi connectivity index (χ3v) is 10.4. The Morgan fingerprint density at radius 2 is 2.11 bits per heavy atom. The van der Waals surface area contributed by atoms with Crippen molar-refractivity contribution in [3.05, 3.63) is 34.1 Å². The minimum Gasteiger partial charge on any atom is -0.465 e. The molecule has 3 rings (SSSR count). The first-order valence-electron chi connectivity index (χ1n) is 11.9. The van der Waals surface area contributed by atoms with Gasteiger partial charge in [-0.25, -0.2) is 23.5 Å². The molecule has 1 aromatic carbocycles. The topological polar surface area (TPSA) is 85.9 Å². The highest BCUT2D eigenvalue weighted by molar-refractivity contribution is 9.10. The van der Waals surface area contributed by atoms with Crippen molar-refractivity contribution in [2.24, 2.45) is 16.3 Å². The van der Waals surface area contributed by atoms with Crippen molar-refractivity contribution in [1.29, 1.82) is 5.26 Å². The van der Waals surface area contributed by atoms with E-state index in [1.54, 1.807) is 0 Å². The van der Waals surface area contributed by atoms with E-state index in [1.165, 1.54) is 30.0 Å². The van der Waals surface area contributed by atoms with Crippen LogP contribution in [-0.2, 0) is 10.3 Å². The molecular weight excluding hydrogens is 568 g/mol. The van der Waals surface area contributed by atoms with Gasteiger partial charge in [0, 0.05) is 40.8 Å². The van der Waals surface area contributed by atoms with Crippen LogP contribution >= 0.6 is 27.7 Å². The summed E-state index contributed by atoms with van der Waals surface area (Å²) >= 11 is 4.51. The number of benzene rings is 1. The summed E-state index contributed by atoms with van der Waals surface area (Å²) in [5.41, 5.74) is -2.22. The molecule has 0 radical (unpaired) electrons. The smallest absolute Gasteiger partial charge is 0.415 e. The highest BCUT2D eigenvalue weighted by atomic mass is 79.9. The molecule has 1 aromatic rings. The Morgan fingerprint density at radius 1 is 1.44 bits per heavy atom. The molecule has 36 heavy (non-hydrogen) atoms. The first kappa shape index (κ1) is 29.1. The summed E-state index contributed by atoms with van der Waals surface area (Å²) in [6, 6.07) is 7.27. The summed E-state index contributed by atoms with van der Waals surface area (Å²) in [7, 11) is -1.45. The van der Waals surface area contributed by atoms with Gasteiger partial charge in [0.1, 0.15) is 24.3 Å². The number of carboxylic acid groups (broad SMARTS) is 1. The average molecular weight is 603 g/mol. The third kappa shape index (κ3) is 5.82. The molecule has 0 spiro atoms. The molecule has 1 fully saturated rings. The van der Waals surface area contributed by atoms with Gasteiger partial charge in [0.25, 0.3) is 0 Å². The summed E-state index contributed by atoms with van der Waals surface area (Å²) in [5, 5.41) is 20.0. The summed E-state index contributed by atoms with van der Waals surface area (Å²) in [4.78, 5) is 18.4. The molecule has 198 valence electrons. The Morgan fingerprint density at radius 3 is 2.64 bits per heavy atom. The Hall–Kier alpha value is -1.48. The minimum absolute atomic E-state index is 0.0384. The first-order valence-corrected chi connectivity index (χ1v) is 17.2. The van der Waals surface area contributed by atoms with Crippen molar-refractivity contribution in [1.82, 2.24) is 4.90 Å². The Bertz CT molecular complexity index is 1090. The second kappa shape index (κ2) is 10.3. The predicted octanol–water partition coefficient (Wildman–Crippen LogP) is 7.24. The molecule has 1 saturated carbocycles. The summed E-state index contributed by atoms with van der Waals surface area (Å²) in [6.45, 7) is 11.6. The second-order valence-corrected chi connectivity index (χ2v) is 19.8. The van der Waals surface area contributed by atoms with Gasteiger partial charge in [-0.2, -0.15) is 5.26 Å². The van der Waals surface area contributed by atoms with E-state index in [9.17, 15) is 15.2 Å².